The molecule has 1 unspecified atom stereocenters. The molecule has 0 aliphatic heterocycles. The molecular weight excluding hydrogens is 122 g/mol. The average molecular weight is 136 g/mol. The first-order valence-corrected chi connectivity index (χ1v) is 3.39. The standard InChI is InChI=1S/C6H14ClN/c1-5(2)6(3,8)4-7/h5H,4,8H2,1-3H3. The van der Waals surface area contributed by atoms with Gasteiger partial charge in [0.15, 0.2) is 0 Å². The molecule has 0 fully saturated rings. The van der Waals surface area contributed by atoms with E-state index in [4.69, 9.17) is 17.3 Å². The highest BCUT2D eigenvalue weighted by molar-refractivity contribution is 6.18. The van der Waals surface area contributed by atoms with Gasteiger partial charge in [-0.3, -0.25) is 0 Å². The van der Waals surface area contributed by atoms with Crippen molar-refractivity contribution in [3.63, 3.8) is 0 Å². The number of hydrogen-bond acceptors (Lipinski definition) is 1. The van der Waals surface area contributed by atoms with Crippen molar-refractivity contribution in [3.8, 4) is 0 Å². The second kappa shape index (κ2) is 2.70. The number of alkyl halides is 1. The van der Waals surface area contributed by atoms with Gasteiger partial charge in [0.2, 0.25) is 0 Å². The zero-order chi connectivity index (χ0) is 6.78. The summed E-state index contributed by atoms with van der Waals surface area (Å²) in [6.07, 6.45) is 0. The SMILES string of the molecule is CC(C)C(C)(N)CCl. The topological polar surface area (TPSA) is 26.0 Å². The van der Waals surface area contributed by atoms with Crippen LogP contribution in [0.1, 0.15) is 20.8 Å². The van der Waals surface area contributed by atoms with Crippen LogP contribution in [0.4, 0.5) is 0 Å². The lowest BCUT2D eigenvalue weighted by Crippen LogP contribution is -2.43. The Morgan fingerprint density at radius 3 is 2.00 bits per heavy atom. The summed E-state index contributed by atoms with van der Waals surface area (Å²) >= 11 is 5.56. The largest absolute Gasteiger partial charge is 0.324 e. The molecular formula is C6H14ClN. The molecule has 1 atom stereocenters. The number of nitrogens with two attached hydrogens (primary N) is 1. The van der Waals surface area contributed by atoms with Gasteiger partial charge in [-0.05, 0) is 12.8 Å². The van der Waals surface area contributed by atoms with Crippen molar-refractivity contribution in [2.75, 3.05) is 5.88 Å². The second-order valence-electron chi connectivity index (χ2n) is 2.79. The van der Waals surface area contributed by atoms with Gasteiger partial charge < -0.3 is 5.73 Å². The van der Waals surface area contributed by atoms with Gasteiger partial charge in [0.05, 0.1) is 0 Å². The highest BCUT2D eigenvalue weighted by Gasteiger charge is 2.20. The Kier molecular flexibility index (Phi) is 2.78. The smallest absolute Gasteiger partial charge is 0.0403 e. The van der Waals surface area contributed by atoms with E-state index in [0.29, 0.717) is 11.8 Å². The Morgan fingerprint density at radius 2 is 2.00 bits per heavy atom. The summed E-state index contributed by atoms with van der Waals surface area (Å²) in [5.74, 6) is 0.991. The first-order chi connectivity index (χ1) is 3.50. The van der Waals surface area contributed by atoms with Crippen molar-refractivity contribution < 1.29 is 0 Å². The van der Waals surface area contributed by atoms with Crippen LogP contribution in [0.3, 0.4) is 0 Å². The Morgan fingerprint density at radius 1 is 1.62 bits per heavy atom. The van der Waals surface area contributed by atoms with Gasteiger partial charge >= 0.3 is 0 Å². The highest BCUT2D eigenvalue weighted by Crippen LogP contribution is 2.13. The molecule has 0 aliphatic rings. The van der Waals surface area contributed by atoms with Crippen LogP contribution in [0.15, 0.2) is 0 Å². The van der Waals surface area contributed by atoms with Crippen LogP contribution in [0.5, 0.6) is 0 Å². The third-order valence-corrected chi connectivity index (χ3v) is 2.18. The third kappa shape index (κ3) is 2.01. The normalized spacial score (nSPS) is 18.8. The number of halogens is 1. The van der Waals surface area contributed by atoms with Crippen molar-refractivity contribution in [2.24, 2.45) is 11.7 Å². The monoisotopic (exact) mass is 135 g/mol. The minimum atomic E-state index is -0.193. The molecule has 0 amide bonds. The molecule has 0 aliphatic carbocycles. The van der Waals surface area contributed by atoms with Gasteiger partial charge in [-0.2, -0.15) is 0 Å². The number of hydrogen-bond donors (Lipinski definition) is 1. The molecule has 0 saturated heterocycles. The lowest BCUT2D eigenvalue weighted by atomic mass is 9.92. The summed E-state index contributed by atoms with van der Waals surface area (Å²) in [5, 5.41) is 0. The summed E-state index contributed by atoms with van der Waals surface area (Å²) in [4.78, 5) is 0. The molecule has 0 rings (SSSR count). The summed E-state index contributed by atoms with van der Waals surface area (Å²) in [5.41, 5.74) is 5.53. The third-order valence-electron chi connectivity index (χ3n) is 1.61. The van der Waals surface area contributed by atoms with Crippen molar-refractivity contribution in [3.05, 3.63) is 0 Å². The predicted molar refractivity (Wildman–Crippen MR) is 38.2 cm³/mol. The fourth-order valence-corrected chi connectivity index (χ4v) is 0.463. The fourth-order valence-electron chi connectivity index (χ4n) is 0.154. The maximum atomic E-state index is 5.73. The molecule has 1 nitrogen and oxygen atoms in total. The summed E-state index contributed by atoms with van der Waals surface area (Å²) in [6.45, 7) is 6.11. The van der Waals surface area contributed by atoms with Crippen molar-refractivity contribution in [2.45, 2.75) is 26.3 Å². The van der Waals surface area contributed by atoms with Crippen LogP contribution in [-0.4, -0.2) is 11.4 Å². The molecule has 8 heavy (non-hydrogen) atoms. The van der Waals surface area contributed by atoms with Crippen molar-refractivity contribution in [1.82, 2.24) is 0 Å². The van der Waals surface area contributed by atoms with E-state index in [0.717, 1.165) is 0 Å². The first-order valence-electron chi connectivity index (χ1n) is 2.85. The van der Waals surface area contributed by atoms with E-state index in [9.17, 15) is 0 Å². The van der Waals surface area contributed by atoms with Gasteiger partial charge in [-0.25, -0.2) is 0 Å². The lowest BCUT2D eigenvalue weighted by Gasteiger charge is -2.25. The van der Waals surface area contributed by atoms with Crippen LogP contribution < -0.4 is 5.73 Å². The van der Waals surface area contributed by atoms with Crippen LogP contribution in [0.2, 0.25) is 0 Å². The maximum Gasteiger partial charge on any atom is 0.0403 e. The first kappa shape index (κ1) is 8.25. The lowest BCUT2D eigenvalue weighted by molar-refractivity contribution is 0.378. The van der Waals surface area contributed by atoms with E-state index in [1.807, 2.05) is 6.92 Å². The molecule has 0 saturated carbocycles. The minimum absolute atomic E-state index is 0.193. The van der Waals surface area contributed by atoms with Gasteiger partial charge in [0, 0.05) is 11.4 Å². The van der Waals surface area contributed by atoms with E-state index in [1.54, 1.807) is 0 Å². The molecule has 0 heterocycles. The molecule has 0 spiro atoms. The Hall–Kier alpha value is 0.250. The quantitative estimate of drug-likeness (QED) is 0.572. The average Bonchev–Trinajstić information content (AvgIpc) is 1.67. The second-order valence-corrected chi connectivity index (χ2v) is 3.06. The number of rotatable bonds is 2. The van der Waals surface area contributed by atoms with Crippen LogP contribution in [0, 0.1) is 5.92 Å². The zero-order valence-corrected chi connectivity index (χ0v) is 6.50. The molecule has 0 aromatic rings. The van der Waals surface area contributed by atoms with Gasteiger partial charge in [-0.1, -0.05) is 13.8 Å². The Bertz CT molecular complexity index is 68.9. The summed E-state index contributed by atoms with van der Waals surface area (Å²) in [7, 11) is 0. The van der Waals surface area contributed by atoms with E-state index < -0.39 is 0 Å². The van der Waals surface area contributed by atoms with E-state index in [2.05, 4.69) is 13.8 Å². The van der Waals surface area contributed by atoms with E-state index in [1.165, 1.54) is 0 Å². The van der Waals surface area contributed by atoms with Crippen molar-refractivity contribution in [1.29, 1.82) is 0 Å². The van der Waals surface area contributed by atoms with E-state index in [-0.39, 0.29) is 5.54 Å². The Balaban J connectivity index is 3.71. The van der Waals surface area contributed by atoms with Gasteiger partial charge in [-0.15, -0.1) is 11.6 Å². The summed E-state index contributed by atoms with van der Waals surface area (Å²) in [6, 6.07) is 0. The molecule has 0 aromatic carbocycles. The zero-order valence-electron chi connectivity index (χ0n) is 5.74. The van der Waals surface area contributed by atoms with Crippen molar-refractivity contribution >= 4 is 11.6 Å². The highest BCUT2D eigenvalue weighted by atomic mass is 35.5. The van der Waals surface area contributed by atoms with Gasteiger partial charge in [0.25, 0.3) is 0 Å². The Labute approximate surface area is 56.2 Å². The molecule has 50 valence electrons. The van der Waals surface area contributed by atoms with Crippen LogP contribution in [-0.2, 0) is 0 Å². The van der Waals surface area contributed by atoms with E-state index >= 15 is 0 Å². The predicted octanol–water partition coefficient (Wildman–Crippen LogP) is 1.60. The summed E-state index contributed by atoms with van der Waals surface area (Å²) < 4.78 is 0. The van der Waals surface area contributed by atoms with Gasteiger partial charge in [0.1, 0.15) is 0 Å². The van der Waals surface area contributed by atoms with Crippen LogP contribution >= 0.6 is 11.6 Å². The fraction of sp³-hybridized carbons (Fsp3) is 1.00. The van der Waals surface area contributed by atoms with Crippen LogP contribution in [0.25, 0.3) is 0 Å². The molecule has 2 heteroatoms. The molecule has 0 aromatic heterocycles. The minimum Gasteiger partial charge on any atom is -0.324 e. The maximum absolute atomic E-state index is 5.73. The molecule has 2 N–H and O–H groups in total. The molecule has 0 bridgehead atoms. The molecule has 0 radical (unpaired) electrons.